The molecule has 0 bridgehead atoms. The number of aromatic nitrogens is 2. The van der Waals surface area contributed by atoms with Crippen LogP contribution in [0.2, 0.25) is 0 Å². The Balaban J connectivity index is 1.39. The molecule has 0 fully saturated rings. The van der Waals surface area contributed by atoms with Crippen molar-refractivity contribution in [2.24, 2.45) is 0 Å². The summed E-state index contributed by atoms with van der Waals surface area (Å²) < 4.78 is 5.82. The fourth-order valence-electron chi connectivity index (χ4n) is 3.03. The van der Waals surface area contributed by atoms with Gasteiger partial charge < -0.3 is 9.84 Å². The number of hydrogen-bond acceptors (Lipinski definition) is 5. The van der Waals surface area contributed by atoms with Crippen LogP contribution in [0.1, 0.15) is 16.1 Å². The summed E-state index contributed by atoms with van der Waals surface area (Å²) in [5.41, 5.74) is 2.96. The van der Waals surface area contributed by atoms with Gasteiger partial charge in [-0.3, -0.25) is 4.90 Å². The van der Waals surface area contributed by atoms with E-state index in [-0.39, 0.29) is 6.54 Å². The molecule has 0 aliphatic carbocycles. The summed E-state index contributed by atoms with van der Waals surface area (Å²) in [6.07, 6.45) is -0.986. The molecule has 3 aromatic carbocycles. The molecule has 0 saturated carbocycles. The van der Waals surface area contributed by atoms with E-state index in [1.165, 1.54) is 16.2 Å². The lowest BCUT2D eigenvalue weighted by atomic mass is 10.2. The van der Waals surface area contributed by atoms with E-state index < -0.39 is 6.09 Å². The Bertz CT molecular complexity index is 1120. The summed E-state index contributed by atoms with van der Waals surface area (Å²) >= 11 is 1.39. The first-order valence-corrected chi connectivity index (χ1v) is 10.6. The van der Waals surface area contributed by atoms with Crippen molar-refractivity contribution in [3.63, 3.8) is 0 Å². The third-order valence-electron chi connectivity index (χ3n) is 4.63. The first-order chi connectivity index (χ1) is 15.2. The predicted molar refractivity (Wildman–Crippen MR) is 120 cm³/mol. The zero-order chi connectivity index (χ0) is 21.5. The Kier molecular flexibility index (Phi) is 6.54. The van der Waals surface area contributed by atoms with Crippen molar-refractivity contribution in [2.75, 3.05) is 0 Å². The summed E-state index contributed by atoms with van der Waals surface area (Å²) in [7, 11) is 0. The molecule has 0 aliphatic heterocycles. The molecule has 1 amide bonds. The van der Waals surface area contributed by atoms with E-state index in [9.17, 15) is 9.90 Å². The second kappa shape index (κ2) is 9.86. The van der Waals surface area contributed by atoms with Crippen molar-refractivity contribution in [3.05, 3.63) is 101 Å². The normalized spacial score (nSPS) is 10.6. The molecule has 1 heterocycles. The molecule has 6 nitrogen and oxygen atoms in total. The Morgan fingerprint density at radius 3 is 2.13 bits per heavy atom. The quantitative estimate of drug-likeness (QED) is 0.401. The first kappa shape index (κ1) is 20.6. The third-order valence-corrected chi connectivity index (χ3v) is 5.59. The highest BCUT2D eigenvalue weighted by molar-refractivity contribution is 7.14. The Hall–Kier alpha value is -3.71. The van der Waals surface area contributed by atoms with Gasteiger partial charge in [0.15, 0.2) is 0 Å². The third kappa shape index (κ3) is 5.67. The number of nitrogens with zero attached hydrogens (tertiary/aromatic N) is 3. The van der Waals surface area contributed by atoms with Crippen molar-refractivity contribution >= 4 is 17.4 Å². The van der Waals surface area contributed by atoms with Gasteiger partial charge in [0.25, 0.3) is 0 Å². The van der Waals surface area contributed by atoms with Crippen LogP contribution in [0.5, 0.6) is 5.75 Å². The molecule has 0 spiro atoms. The maximum atomic E-state index is 11.7. The number of benzene rings is 3. The minimum atomic E-state index is -0.986. The maximum absolute atomic E-state index is 11.7. The molecule has 1 N–H and O–H groups in total. The van der Waals surface area contributed by atoms with Crippen LogP contribution in [-0.4, -0.2) is 26.3 Å². The molecule has 7 heteroatoms. The smallest absolute Gasteiger partial charge is 0.407 e. The topological polar surface area (TPSA) is 75.5 Å². The molecule has 156 valence electrons. The number of carbonyl (C=O) groups is 1. The van der Waals surface area contributed by atoms with Crippen LogP contribution in [0, 0.1) is 0 Å². The molecule has 1 aromatic heterocycles. The minimum absolute atomic E-state index is 0.195. The zero-order valence-corrected chi connectivity index (χ0v) is 17.5. The standard InChI is InChI=1S/C24H21N3O3S/c28-24(29)27(15-18-7-3-1-4-8-18)16-22-25-26-23(31-22)20-11-13-21(14-12-20)30-17-19-9-5-2-6-10-19/h1-14H,15-17H2,(H,28,29). The van der Waals surface area contributed by atoms with E-state index in [0.717, 1.165) is 27.4 Å². The average molecular weight is 432 g/mol. The highest BCUT2D eigenvalue weighted by atomic mass is 32.1. The highest BCUT2D eigenvalue weighted by Crippen LogP contribution is 2.26. The van der Waals surface area contributed by atoms with Gasteiger partial charge in [-0.1, -0.05) is 72.0 Å². The molecule has 0 unspecified atom stereocenters. The Labute approximate surface area is 184 Å². The summed E-state index contributed by atoms with van der Waals surface area (Å²) in [5.74, 6) is 0.775. The number of hydrogen-bond donors (Lipinski definition) is 1. The van der Waals surface area contributed by atoms with Gasteiger partial charge >= 0.3 is 6.09 Å². The predicted octanol–water partition coefficient (Wildman–Crippen LogP) is 5.46. The molecule has 31 heavy (non-hydrogen) atoms. The van der Waals surface area contributed by atoms with Gasteiger partial charge in [0.05, 0.1) is 6.54 Å². The SMILES string of the molecule is O=C(O)N(Cc1ccccc1)Cc1nnc(-c2ccc(OCc3ccccc3)cc2)s1. The summed E-state index contributed by atoms with van der Waals surface area (Å²) in [5, 5.41) is 19.4. The number of ether oxygens (including phenoxy) is 1. The second-order valence-electron chi connectivity index (χ2n) is 6.92. The van der Waals surface area contributed by atoms with E-state index in [1.54, 1.807) is 0 Å². The van der Waals surface area contributed by atoms with Crippen LogP contribution in [0.4, 0.5) is 4.79 Å². The second-order valence-corrected chi connectivity index (χ2v) is 7.99. The number of rotatable bonds is 8. The Morgan fingerprint density at radius 1 is 0.839 bits per heavy atom. The number of amides is 1. The van der Waals surface area contributed by atoms with E-state index in [1.807, 2.05) is 84.9 Å². The molecule has 4 aromatic rings. The Morgan fingerprint density at radius 2 is 1.48 bits per heavy atom. The molecule has 4 rings (SSSR count). The average Bonchev–Trinajstić information content (AvgIpc) is 3.27. The maximum Gasteiger partial charge on any atom is 0.407 e. The van der Waals surface area contributed by atoms with Gasteiger partial charge in [0, 0.05) is 12.1 Å². The fourth-order valence-corrected chi connectivity index (χ4v) is 3.89. The van der Waals surface area contributed by atoms with Gasteiger partial charge in [-0.2, -0.15) is 0 Å². The van der Waals surface area contributed by atoms with Gasteiger partial charge in [-0.25, -0.2) is 4.79 Å². The van der Waals surface area contributed by atoms with Crippen LogP contribution in [-0.2, 0) is 19.7 Å². The molecule has 0 radical (unpaired) electrons. The van der Waals surface area contributed by atoms with E-state index in [4.69, 9.17) is 4.74 Å². The van der Waals surface area contributed by atoms with Crippen molar-refractivity contribution in [1.82, 2.24) is 15.1 Å². The summed E-state index contributed by atoms with van der Waals surface area (Å²) in [6.45, 7) is 1.01. The monoisotopic (exact) mass is 431 g/mol. The van der Waals surface area contributed by atoms with Gasteiger partial charge in [-0.15, -0.1) is 10.2 Å². The van der Waals surface area contributed by atoms with Gasteiger partial charge in [0.1, 0.15) is 22.4 Å². The van der Waals surface area contributed by atoms with Crippen LogP contribution in [0.25, 0.3) is 10.6 Å². The lowest BCUT2D eigenvalue weighted by Crippen LogP contribution is -2.28. The fraction of sp³-hybridized carbons (Fsp3) is 0.125. The summed E-state index contributed by atoms with van der Waals surface area (Å²) in [6, 6.07) is 27.2. The lowest BCUT2D eigenvalue weighted by Gasteiger charge is -2.17. The van der Waals surface area contributed by atoms with E-state index in [2.05, 4.69) is 10.2 Å². The van der Waals surface area contributed by atoms with Crippen LogP contribution in [0.3, 0.4) is 0 Å². The zero-order valence-electron chi connectivity index (χ0n) is 16.7. The van der Waals surface area contributed by atoms with Gasteiger partial charge in [-0.05, 0) is 35.4 Å². The molecular formula is C24H21N3O3S. The first-order valence-electron chi connectivity index (χ1n) is 9.79. The van der Waals surface area contributed by atoms with Crippen molar-refractivity contribution in [2.45, 2.75) is 19.7 Å². The van der Waals surface area contributed by atoms with E-state index in [0.29, 0.717) is 18.2 Å². The number of carboxylic acid groups (broad SMARTS) is 1. The minimum Gasteiger partial charge on any atom is -0.489 e. The summed E-state index contributed by atoms with van der Waals surface area (Å²) in [4.78, 5) is 13.0. The van der Waals surface area contributed by atoms with Crippen LogP contribution < -0.4 is 4.74 Å². The van der Waals surface area contributed by atoms with Crippen molar-refractivity contribution in [3.8, 4) is 16.3 Å². The molecular weight excluding hydrogens is 410 g/mol. The van der Waals surface area contributed by atoms with E-state index >= 15 is 0 Å². The molecule has 0 atom stereocenters. The largest absolute Gasteiger partial charge is 0.489 e. The van der Waals surface area contributed by atoms with Crippen molar-refractivity contribution < 1.29 is 14.6 Å². The van der Waals surface area contributed by atoms with Crippen LogP contribution >= 0.6 is 11.3 Å². The molecule has 0 aliphatic rings. The van der Waals surface area contributed by atoms with Crippen LogP contribution in [0.15, 0.2) is 84.9 Å². The lowest BCUT2D eigenvalue weighted by molar-refractivity contribution is 0.139. The van der Waals surface area contributed by atoms with Gasteiger partial charge in [0.2, 0.25) is 0 Å². The highest BCUT2D eigenvalue weighted by Gasteiger charge is 2.16. The van der Waals surface area contributed by atoms with Crippen molar-refractivity contribution in [1.29, 1.82) is 0 Å². The molecule has 0 saturated heterocycles.